The SMILES string of the molecule is CC(O)c1ccc(C#N)cc1N(C)c1cccc(F)c1. The van der Waals surface area contributed by atoms with E-state index in [4.69, 9.17) is 5.26 Å². The molecule has 102 valence electrons. The molecule has 0 aliphatic heterocycles. The average molecular weight is 270 g/mol. The highest BCUT2D eigenvalue weighted by molar-refractivity contribution is 5.68. The van der Waals surface area contributed by atoms with Gasteiger partial charge in [0.1, 0.15) is 5.82 Å². The number of rotatable bonds is 3. The Labute approximate surface area is 117 Å². The minimum absolute atomic E-state index is 0.329. The van der Waals surface area contributed by atoms with Crippen LogP contribution in [0.1, 0.15) is 24.2 Å². The van der Waals surface area contributed by atoms with Crippen molar-refractivity contribution in [2.24, 2.45) is 0 Å². The molecule has 0 bridgehead atoms. The smallest absolute Gasteiger partial charge is 0.125 e. The third-order valence-electron chi connectivity index (χ3n) is 3.17. The van der Waals surface area contributed by atoms with Gasteiger partial charge in [0.05, 0.1) is 17.7 Å². The van der Waals surface area contributed by atoms with Gasteiger partial charge in [-0.05, 0) is 37.3 Å². The zero-order valence-electron chi connectivity index (χ0n) is 11.3. The maximum Gasteiger partial charge on any atom is 0.125 e. The normalized spacial score (nSPS) is 11.8. The van der Waals surface area contributed by atoms with E-state index in [0.717, 1.165) is 0 Å². The molecule has 0 aliphatic rings. The van der Waals surface area contributed by atoms with Crippen LogP contribution in [-0.4, -0.2) is 12.2 Å². The summed E-state index contributed by atoms with van der Waals surface area (Å²) >= 11 is 0. The van der Waals surface area contributed by atoms with Gasteiger partial charge in [0.15, 0.2) is 0 Å². The van der Waals surface area contributed by atoms with Crippen LogP contribution in [0.4, 0.5) is 15.8 Å². The van der Waals surface area contributed by atoms with Crippen LogP contribution in [-0.2, 0) is 0 Å². The summed E-state index contributed by atoms with van der Waals surface area (Å²) in [5, 5.41) is 18.8. The summed E-state index contributed by atoms with van der Waals surface area (Å²) in [7, 11) is 1.77. The highest BCUT2D eigenvalue weighted by Crippen LogP contribution is 2.31. The summed E-state index contributed by atoms with van der Waals surface area (Å²) in [6.45, 7) is 1.66. The van der Waals surface area contributed by atoms with Gasteiger partial charge >= 0.3 is 0 Å². The summed E-state index contributed by atoms with van der Waals surface area (Å²) in [5.41, 5.74) is 2.52. The molecule has 2 rings (SSSR count). The molecule has 20 heavy (non-hydrogen) atoms. The monoisotopic (exact) mass is 270 g/mol. The van der Waals surface area contributed by atoms with E-state index < -0.39 is 6.10 Å². The fraction of sp³-hybridized carbons (Fsp3) is 0.188. The van der Waals surface area contributed by atoms with Crippen molar-refractivity contribution in [3.8, 4) is 6.07 Å². The highest BCUT2D eigenvalue weighted by atomic mass is 19.1. The van der Waals surface area contributed by atoms with Crippen molar-refractivity contribution in [2.75, 3.05) is 11.9 Å². The topological polar surface area (TPSA) is 47.3 Å². The van der Waals surface area contributed by atoms with Crippen molar-refractivity contribution in [1.29, 1.82) is 5.26 Å². The predicted octanol–water partition coefficient (Wildman–Crippen LogP) is 3.52. The first kappa shape index (κ1) is 14.0. The van der Waals surface area contributed by atoms with Gasteiger partial charge in [-0.1, -0.05) is 12.1 Å². The van der Waals surface area contributed by atoms with E-state index in [-0.39, 0.29) is 5.82 Å². The summed E-state index contributed by atoms with van der Waals surface area (Å²) < 4.78 is 13.3. The van der Waals surface area contributed by atoms with Gasteiger partial charge in [-0.3, -0.25) is 0 Å². The lowest BCUT2D eigenvalue weighted by molar-refractivity contribution is 0.200. The number of nitrogens with zero attached hydrogens (tertiary/aromatic N) is 2. The molecule has 0 fully saturated rings. The maximum atomic E-state index is 13.3. The van der Waals surface area contributed by atoms with Crippen molar-refractivity contribution in [3.63, 3.8) is 0 Å². The number of hydrogen-bond donors (Lipinski definition) is 1. The lowest BCUT2D eigenvalue weighted by Crippen LogP contribution is -2.13. The molecule has 0 amide bonds. The summed E-state index contributed by atoms with van der Waals surface area (Å²) in [4.78, 5) is 1.76. The molecule has 0 aromatic heterocycles. The van der Waals surface area contributed by atoms with E-state index in [9.17, 15) is 9.50 Å². The maximum absolute atomic E-state index is 13.3. The molecular weight excluding hydrogens is 255 g/mol. The molecule has 0 spiro atoms. The van der Waals surface area contributed by atoms with Gasteiger partial charge in [0.25, 0.3) is 0 Å². The van der Waals surface area contributed by atoms with Crippen molar-refractivity contribution >= 4 is 11.4 Å². The van der Waals surface area contributed by atoms with Crippen LogP contribution in [0.5, 0.6) is 0 Å². The quantitative estimate of drug-likeness (QED) is 0.928. The number of aliphatic hydroxyl groups is 1. The minimum atomic E-state index is -0.672. The first-order valence-electron chi connectivity index (χ1n) is 6.24. The van der Waals surface area contributed by atoms with Crippen LogP contribution in [0.3, 0.4) is 0 Å². The Kier molecular flexibility index (Phi) is 4.02. The Bertz CT molecular complexity index is 662. The van der Waals surface area contributed by atoms with Crippen molar-refractivity contribution in [1.82, 2.24) is 0 Å². The lowest BCUT2D eigenvalue weighted by atomic mass is 10.0. The molecule has 0 aliphatic carbocycles. The highest BCUT2D eigenvalue weighted by Gasteiger charge is 2.14. The molecule has 2 aromatic rings. The molecule has 1 unspecified atom stereocenters. The first-order chi connectivity index (χ1) is 9.52. The van der Waals surface area contributed by atoms with E-state index in [1.807, 2.05) is 0 Å². The van der Waals surface area contributed by atoms with Crippen LogP contribution >= 0.6 is 0 Å². The summed E-state index contributed by atoms with van der Waals surface area (Å²) in [6, 6.07) is 13.3. The van der Waals surface area contributed by atoms with E-state index in [0.29, 0.717) is 22.5 Å². The average Bonchev–Trinajstić information content (AvgIpc) is 2.45. The molecule has 0 radical (unpaired) electrons. The number of anilines is 2. The molecule has 0 heterocycles. The second-order valence-electron chi connectivity index (χ2n) is 4.60. The van der Waals surface area contributed by atoms with Crippen molar-refractivity contribution in [2.45, 2.75) is 13.0 Å². The summed E-state index contributed by atoms with van der Waals surface area (Å²) in [5.74, 6) is -0.329. The van der Waals surface area contributed by atoms with Crippen LogP contribution in [0.15, 0.2) is 42.5 Å². The number of halogens is 1. The Hall–Kier alpha value is -2.38. The van der Waals surface area contributed by atoms with Crippen LogP contribution in [0, 0.1) is 17.1 Å². The van der Waals surface area contributed by atoms with Gasteiger partial charge in [0, 0.05) is 24.0 Å². The third-order valence-corrected chi connectivity index (χ3v) is 3.17. The second kappa shape index (κ2) is 5.72. The number of nitriles is 1. The van der Waals surface area contributed by atoms with Gasteiger partial charge in [-0.15, -0.1) is 0 Å². The molecule has 2 aromatic carbocycles. The molecule has 1 N–H and O–H groups in total. The Balaban J connectivity index is 2.52. The molecule has 3 nitrogen and oxygen atoms in total. The van der Waals surface area contributed by atoms with Gasteiger partial charge in [-0.2, -0.15) is 5.26 Å². The van der Waals surface area contributed by atoms with Crippen molar-refractivity contribution < 1.29 is 9.50 Å². The zero-order chi connectivity index (χ0) is 14.7. The molecule has 0 saturated carbocycles. The van der Waals surface area contributed by atoms with Crippen LogP contribution in [0.2, 0.25) is 0 Å². The number of benzene rings is 2. The number of hydrogen-bond acceptors (Lipinski definition) is 3. The van der Waals surface area contributed by atoms with Gasteiger partial charge in [0.2, 0.25) is 0 Å². The zero-order valence-corrected chi connectivity index (χ0v) is 11.3. The summed E-state index contributed by atoms with van der Waals surface area (Å²) in [6.07, 6.45) is -0.672. The van der Waals surface area contributed by atoms with E-state index in [2.05, 4.69) is 6.07 Å². The van der Waals surface area contributed by atoms with Crippen LogP contribution in [0.25, 0.3) is 0 Å². The van der Waals surface area contributed by atoms with Gasteiger partial charge in [-0.25, -0.2) is 4.39 Å². The third kappa shape index (κ3) is 2.79. The fourth-order valence-electron chi connectivity index (χ4n) is 2.08. The Morgan fingerprint density at radius 3 is 2.60 bits per heavy atom. The molecule has 4 heteroatoms. The molecule has 1 atom stereocenters. The van der Waals surface area contributed by atoms with Crippen LogP contribution < -0.4 is 4.90 Å². The van der Waals surface area contributed by atoms with E-state index in [1.165, 1.54) is 12.1 Å². The standard InChI is InChI=1S/C16H15FN2O/c1-11(20)15-7-6-12(10-18)8-16(15)19(2)14-5-3-4-13(17)9-14/h3-9,11,20H,1-2H3. The number of aliphatic hydroxyl groups excluding tert-OH is 1. The van der Waals surface area contributed by atoms with Gasteiger partial charge < -0.3 is 10.0 Å². The minimum Gasteiger partial charge on any atom is -0.389 e. The lowest BCUT2D eigenvalue weighted by Gasteiger charge is -2.24. The fourth-order valence-corrected chi connectivity index (χ4v) is 2.08. The molecule has 0 saturated heterocycles. The predicted molar refractivity (Wildman–Crippen MR) is 76.3 cm³/mol. The molecular formula is C16H15FN2O. The Morgan fingerprint density at radius 2 is 2.00 bits per heavy atom. The largest absolute Gasteiger partial charge is 0.389 e. The Morgan fingerprint density at radius 1 is 1.25 bits per heavy atom. The first-order valence-corrected chi connectivity index (χ1v) is 6.24. The van der Waals surface area contributed by atoms with Crippen molar-refractivity contribution in [3.05, 3.63) is 59.4 Å². The van der Waals surface area contributed by atoms with E-state index >= 15 is 0 Å². The van der Waals surface area contributed by atoms with E-state index in [1.54, 1.807) is 49.2 Å². The second-order valence-corrected chi connectivity index (χ2v) is 4.60.